The van der Waals surface area contributed by atoms with Gasteiger partial charge in [-0.3, -0.25) is 0 Å². The first-order chi connectivity index (χ1) is 10.2. The number of phenols is 1. The number of tetrazole rings is 1. The van der Waals surface area contributed by atoms with E-state index in [1.165, 1.54) is 0 Å². The highest BCUT2D eigenvalue weighted by molar-refractivity contribution is 5.54. The maximum Gasteiger partial charge on any atom is 0.143 e. The zero-order valence-corrected chi connectivity index (χ0v) is 11.6. The molecule has 1 aromatic heterocycles. The van der Waals surface area contributed by atoms with Crippen molar-refractivity contribution >= 4 is 5.69 Å². The molecule has 3 rings (SSSR count). The fourth-order valence-corrected chi connectivity index (χ4v) is 2.06. The number of aromatic hydroxyl groups is 1. The first kappa shape index (κ1) is 13.1. The minimum absolute atomic E-state index is 0.273. The van der Waals surface area contributed by atoms with Crippen LogP contribution in [0.3, 0.4) is 0 Å². The summed E-state index contributed by atoms with van der Waals surface area (Å²) >= 11 is 0. The third kappa shape index (κ3) is 3.00. The van der Waals surface area contributed by atoms with Gasteiger partial charge in [-0.1, -0.05) is 18.2 Å². The van der Waals surface area contributed by atoms with Gasteiger partial charge in [-0.2, -0.15) is 0 Å². The highest BCUT2D eigenvalue weighted by Gasteiger charge is 2.04. The number of phenolic OH excluding ortho intramolecular Hbond substituents is 1. The number of aryl methyl sites for hydroxylation is 1. The van der Waals surface area contributed by atoms with E-state index in [-0.39, 0.29) is 5.75 Å². The molecule has 0 saturated heterocycles. The predicted molar refractivity (Wildman–Crippen MR) is 79.3 cm³/mol. The zero-order chi connectivity index (χ0) is 14.7. The largest absolute Gasteiger partial charge is 0.508 e. The van der Waals surface area contributed by atoms with E-state index in [0.717, 1.165) is 22.5 Å². The maximum atomic E-state index is 9.27. The standard InChI is InChI=1S/C15H15N5O/c1-11-2-5-13(8-15(11)20-10-17-18-19-20)16-9-12-3-6-14(21)7-4-12/h2-8,10,16,21H,9H2,1H3. The van der Waals surface area contributed by atoms with Crippen LogP contribution >= 0.6 is 0 Å². The smallest absolute Gasteiger partial charge is 0.143 e. The highest BCUT2D eigenvalue weighted by Crippen LogP contribution is 2.19. The molecule has 0 radical (unpaired) electrons. The molecule has 0 aliphatic carbocycles. The van der Waals surface area contributed by atoms with E-state index in [4.69, 9.17) is 0 Å². The van der Waals surface area contributed by atoms with E-state index in [2.05, 4.69) is 20.8 Å². The van der Waals surface area contributed by atoms with Crippen LogP contribution in [0.1, 0.15) is 11.1 Å². The molecule has 0 bridgehead atoms. The van der Waals surface area contributed by atoms with Crippen molar-refractivity contribution in [3.8, 4) is 11.4 Å². The molecule has 0 atom stereocenters. The van der Waals surface area contributed by atoms with E-state index in [0.29, 0.717) is 6.54 Å². The Kier molecular flexibility index (Phi) is 3.51. The molecule has 2 N–H and O–H groups in total. The van der Waals surface area contributed by atoms with Gasteiger partial charge in [0.2, 0.25) is 0 Å². The second-order valence-electron chi connectivity index (χ2n) is 4.78. The molecular weight excluding hydrogens is 266 g/mol. The van der Waals surface area contributed by atoms with Crippen LogP contribution in [0.2, 0.25) is 0 Å². The Morgan fingerprint density at radius 3 is 2.67 bits per heavy atom. The van der Waals surface area contributed by atoms with Crippen LogP contribution < -0.4 is 5.32 Å². The predicted octanol–water partition coefficient (Wildman–Crippen LogP) is 2.29. The Labute approximate surface area is 122 Å². The number of hydrogen-bond acceptors (Lipinski definition) is 5. The second kappa shape index (κ2) is 5.62. The number of nitrogens with one attached hydrogen (secondary N) is 1. The van der Waals surface area contributed by atoms with Crippen LogP contribution in [0, 0.1) is 6.92 Å². The summed E-state index contributed by atoms with van der Waals surface area (Å²) in [6.45, 7) is 2.69. The summed E-state index contributed by atoms with van der Waals surface area (Å²) in [7, 11) is 0. The SMILES string of the molecule is Cc1ccc(NCc2ccc(O)cc2)cc1-n1cnnn1. The van der Waals surface area contributed by atoms with Gasteiger partial charge in [-0.05, 0) is 52.7 Å². The van der Waals surface area contributed by atoms with Crippen molar-refractivity contribution < 1.29 is 5.11 Å². The summed E-state index contributed by atoms with van der Waals surface area (Å²) in [5.41, 5.74) is 4.12. The summed E-state index contributed by atoms with van der Waals surface area (Å²) in [4.78, 5) is 0. The molecule has 0 saturated carbocycles. The maximum absolute atomic E-state index is 9.27. The second-order valence-corrected chi connectivity index (χ2v) is 4.78. The molecule has 3 aromatic rings. The first-order valence-electron chi connectivity index (χ1n) is 6.58. The van der Waals surface area contributed by atoms with Crippen molar-refractivity contribution in [1.29, 1.82) is 0 Å². The quantitative estimate of drug-likeness (QED) is 0.767. The van der Waals surface area contributed by atoms with Crippen LogP contribution in [0.25, 0.3) is 5.69 Å². The lowest BCUT2D eigenvalue weighted by atomic mass is 10.1. The van der Waals surface area contributed by atoms with Crippen molar-refractivity contribution in [2.45, 2.75) is 13.5 Å². The Hall–Kier alpha value is -2.89. The molecule has 0 aliphatic heterocycles. The summed E-state index contributed by atoms with van der Waals surface area (Å²) in [6, 6.07) is 13.2. The number of anilines is 1. The van der Waals surface area contributed by atoms with Gasteiger partial charge in [0.1, 0.15) is 12.1 Å². The third-order valence-electron chi connectivity index (χ3n) is 3.24. The average Bonchev–Trinajstić information content (AvgIpc) is 3.02. The summed E-state index contributed by atoms with van der Waals surface area (Å²) < 4.78 is 1.64. The van der Waals surface area contributed by atoms with Crippen molar-refractivity contribution in [1.82, 2.24) is 20.2 Å². The molecule has 0 aliphatic rings. The van der Waals surface area contributed by atoms with Gasteiger partial charge in [0.15, 0.2) is 0 Å². The summed E-state index contributed by atoms with van der Waals surface area (Å²) in [5, 5.41) is 23.9. The monoisotopic (exact) mass is 281 g/mol. The van der Waals surface area contributed by atoms with Gasteiger partial charge >= 0.3 is 0 Å². The van der Waals surface area contributed by atoms with Crippen LogP contribution in [0.4, 0.5) is 5.69 Å². The lowest BCUT2D eigenvalue weighted by Crippen LogP contribution is -2.03. The molecule has 21 heavy (non-hydrogen) atoms. The molecule has 1 heterocycles. The average molecular weight is 281 g/mol. The Bertz CT molecular complexity index is 722. The van der Waals surface area contributed by atoms with Crippen molar-refractivity contribution in [3.63, 3.8) is 0 Å². The topological polar surface area (TPSA) is 75.9 Å². The molecule has 0 fully saturated rings. The molecule has 0 unspecified atom stereocenters. The van der Waals surface area contributed by atoms with Crippen LogP contribution in [0.5, 0.6) is 5.75 Å². The lowest BCUT2D eigenvalue weighted by molar-refractivity contribution is 0.475. The normalized spacial score (nSPS) is 10.5. The zero-order valence-electron chi connectivity index (χ0n) is 11.6. The van der Waals surface area contributed by atoms with E-state index in [1.54, 1.807) is 23.1 Å². The van der Waals surface area contributed by atoms with Crippen LogP contribution in [-0.4, -0.2) is 25.3 Å². The van der Waals surface area contributed by atoms with Crippen molar-refractivity contribution in [2.24, 2.45) is 0 Å². The molecule has 6 nitrogen and oxygen atoms in total. The van der Waals surface area contributed by atoms with Crippen molar-refractivity contribution in [2.75, 3.05) is 5.32 Å². The van der Waals surface area contributed by atoms with Gasteiger partial charge in [0.05, 0.1) is 5.69 Å². The first-order valence-corrected chi connectivity index (χ1v) is 6.58. The van der Waals surface area contributed by atoms with Crippen LogP contribution in [0.15, 0.2) is 48.8 Å². The molecule has 0 amide bonds. The molecule has 6 heteroatoms. The summed E-state index contributed by atoms with van der Waals surface area (Å²) in [6.07, 6.45) is 1.58. The number of nitrogens with zero attached hydrogens (tertiary/aromatic N) is 4. The fraction of sp³-hybridized carbons (Fsp3) is 0.133. The van der Waals surface area contributed by atoms with Gasteiger partial charge in [0, 0.05) is 12.2 Å². The molecule has 106 valence electrons. The van der Waals surface area contributed by atoms with Gasteiger partial charge in [-0.25, -0.2) is 4.68 Å². The number of benzene rings is 2. The van der Waals surface area contributed by atoms with Gasteiger partial charge in [-0.15, -0.1) is 5.10 Å². The number of aromatic nitrogens is 4. The highest BCUT2D eigenvalue weighted by atomic mass is 16.3. The number of hydrogen-bond donors (Lipinski definition) is 2. The molecular formula is C15H15N5O. The van der Waals surface area contributed by atoms with E-state index in [1.807, 2.05) is 37.3 Å². The van der Waals surface area contributed by atoms with E-state index >= 15 is 0 Å². The Morgan fingerprint density at radius 1 is 1.14 bits per heavy atom. The van der Waals surface area contributed by atoms with E-state index in [9.17, 15) is 5.11 Å². The Balaban J connectivity index is 1.77. The number of rotatable bonds is 4. The van der Waals surface area contributed by atoms with E-state index < -0.39 is 0 Å². The Morgan fingerprint density at radius 2 is 1.95 bits per heavy atom. The third-order valence-corrected chi connectivity index (χ3v) is 3.24. The lowest BCUT2D eigenvalue weighted by Gasteiger charge is -2.10. The minimum atomic E-state index is 0.273. The summed E-state index contributed by atoms with van der Waals surface area (Å²) in [5.74, 6) is 0.273. The van der Waals surface area contributed by atoms with Crippen molar-refractivity contribution in [3.05, 3.63) is 59.9 Å². The van der Waals surface area contributed by atoms with Gasteiger partial charge in [0.25, 0.3) is 0 Å². The molecule has 2 aromatic carbocycles. The van der Waals surface area contributed by atoms with Gasteiger partial charge < -0.3 is 10.4 Å². The van der Waals surface area contributed by atoms with Crippen LogP contribution in [-0.2, 0) is 6.54 Å². The minimum Gasteiger partial charge on any atom is -0.508 e. The fourth-order valence-electron chi connectivity index (χ4n) is 2.06. The molecule has 0 spiro atoms.